The zero-order chi connectivity index (χ0) is 19.7. The summed E-state index contributed by atoms with van der Waals surface area (Å²) in [4.78, 5) is 9.15. The molecule has 0 aliphatic carbocycles. The van der Waals surface area contributed by atoms with Gasteiger partial charge in [0.25, 0.3) is 0 Å². The number of hydrogen-bond acceptors (Lipinski definition) is 4. The highest BCUT2D eigenvalue weighted by atomic mass is 16.3. The van der Waals surface area contributed by atoms with E-state index in [1.165, 1.54) is 0 Å². The molecule has 1 unspecified atom stereocenters. The van der Waals surface area contributed by atoms with Crippen LogP contribution in [0, 0.1) is 20.8 Å². The molecule has 0 bridgehead atoms. The molecule has 2 aromatic carbocycles. The van der Waals surface area contributed by atoms with Crippen molar-refractivity contribution in [2.75, 3.05) is 5.32 Å². The normalized spacial score (nSPS) is 12.1. The van der Waals surface area contributed by atoms with Gasteiger partial charge in [0.1, 0.15) is 17.1 Å². The average Bonchev–Trinajstić information content (AvgIpc) is 2.68. The molecule has 0 spiro atoms. The molecule has 0 amide bonds. The minimum absolute atomic E-state index is 0.203. The van der Waals surface area contributed by atoms with E-state index in [2.05, 4.69) is 34.3 Å². The first kappa shape index (κ1) is 18.0. The summed E-state index contributed by atoms with van der Waals surface area (Å²) in [5.74, 6) is 0.972. The van der Waals surface area contributed by atoms with Gasteiger partial charge in [-0.05, 0) is 50.1 Å². The Labute approximate surface area is 164 Å². The lowest BCUT2D eigenvalue weighted by Crippen LogP contribution is -2.15. The van der Waals surface area contributed by atoms with E-state index in [4.69, 9.17) is 0 Å². The Morgan fingerprint density at radius 1 is 0.750 bits per heavy atom. The summed E-state index contributed by atoms with van der Waals surface area (Å²) >= 11 is 0. The summed E-state index contributed by atoms with van der Waals surface area (Å²) in [6.45, 7) is 5.97. The van der Waals surface area contributed by atoms with E-state index < -0.39 is 0 Å². The number of aryl methyl sites for hydroxylation is 3. The fraction of sp³-hybridized carbons (Fsp3) is 0.167. The van der Waals surface area contributed by atoms with Crippen LogP contribution in [0.4, 0.5) is 5.82 Å². The molecule has 0 aliphatic rings. The van der Waals surface area contributed by atoms with E-state index in [1.807, 2.05) is 68.4 Å². The van der Waals surface area contributed by atoms with Gasteiger partial charge < -0.3 is 10.4 Å². The third kappa shape index (κ3) is 3.41. The highest BCUT2D eigenvalue weighted by molar-refractivity contribution is 5.86. The number of anilines is 1. The van der Waals surface area contributed by atoms with Gasteiger partial charge in [-0.1, -0.05) is 48.5 Å². The number of benzene rings is 2. The third-order valence-electron chi connectivity index (χ3n) is 5.00. The number of phenolic OH excluding ortho intramolecular Hbond substituents is 1. The number of nitrogens with one attached hydrogen (secondary N) is 1. The first-order valence-corrected chi connectivity index (χ1v) is 9.38. The van der Waals surface area contributed by atoms with Crippen LogP contribution in [0.25, 0.3) is 10.9 Å². The van der Waals surface area contributed by atoms with E-state index >= 15 is 0 Å². The van der Waals surface area contributed by atoms with E-state index in [9.17, 15) is 5.11 Å². The second-order valence-corrected chi connectivity index (χ2v) is 7.13. The topological polar surface area (TPSA) is 58.0 Å². The van der Waals surface area contributed by atoms with Crippen LogP contribution in [-0.2, 0) is 0 Å². The number of rotatable bonds is 4. The van der Waals surface area contributed by atoms with Gasteiger partial charge in [-0.3, -0.25) is 0 Å². The van der Waals surface area contributed by atoms with Crippen molar-refractivity contribution in [3.63, 3.8) is 0 Å². The highest BCUT2D eigenvalue weighted by Gasteiger charge is 2.21. The average molecular weight is 369 g/mol. The molecular formula is C24H23N3O. The Morgan fingerprint density at radius 2 is 1.50 bits per heavy atom. The van der Waals surface area contributed by atoms with Crippen LogP contribution in [0.15, 0.2) is 66.7 Å². The monoisotopic (exact) mass is 369 g/mol. The van der Waals surface area contributed by atoms with Crippen LogP contribution in [0.5, 0.6) is 5.75 Å². The molecule has 4 rings (SSSR count). The minimum Gasteiger partial charge on any atom is -0.505 e. The zero-order valence-electron chi connectivity index (χ0n) is 16.3. The van der Waals surface area contributed by atoms with Crippen LogP contribution in [0.3, 0.4) is 0 Å². The van der Waals surface area contributed by atoms with E-state index in [1.54, 1.807) is 0 Å². The van der Waals surface area contributed by atoms with Crippen LogP contribution >= 0.6 is 0 Å². The molecule has 0 saturated heterocycles. The number of hydrogen-bond donors (Lipinski definition) is 2. The van der Waals surface area contributed by atoms with E-state index in [-0.39, 0.29) is 11.8 Å². The van der Waals surface area contributed by atoms with Gasteiger partial charge in [0.15, 0.2) is 0 Å². The first-order valence-electron chi connectivity index (χ1n) is 9.38. The maximum atomic E-state index is 11.1. The van der Waals surface area contributed by atoms with Gasteiger partial charge in [0.2, 0.25) is 0 Å². The number of aromatic hydroxyl groups is 1. The number of fused-ring (bicyclic) bond motifs is 1. The SMILES string of the molecule is Cc1cccc(NC(c2ccccc2C)c2ccc3ccc(C)nc3c2O)n1. The lowest BCUT2D eigenvalue weighted by atomic mass is 9.93. The molecule has 2 N–H and O–H groups in total. The van der Waals surface area contributed by atoms with Crippen LogP contribution < -0.4 is 5.32 Å². The standard InChI is InChI=1S/C24H23N3O/c1-15-7-4-5-9-19(15)23(27-21-10-6-8-16(2)25-21)20-14-13-18-12-11-17(3)26-22(18)24(20)28/h4-14,23,28H,1-3H3,(H,25,27). The van der Waals surface area contributed by atoms with E-state index in [0.717, 1.165) is 39.3 Å². The van der Waals surface area contributed by atoms with Crippen molar-refractivity contribution in [1.82, 2.24) is 9.97 Å². The quantitative estimate of drug-likeness (QED) is 0.501. The molecule has 2 aromatic heterocycles. The van der Waals surface area contributed by atoms with Crippen molar-refractivity contribution < 1.29 is 5.11 Å². The number of pyridine rings is 2. The summed E-state index contributed by atoms with van der Waals surface area (Å²) in [5.41, 5.74) is 5.45. The maximum absolute atomic E-state index is 11.1. The second kappa shape index (κ2) is 7.31. The fourth-order valence-corrected chi connectivity index (χ4v) is 3.52. The number of aromatic nitrogens is 2. The lowest BCUT2D eigenvalue weighted by Gasteiger charge is -2.23. The van der Waals surface area contributed by atoms with Crippen LogP contribution in [-0.4, -0.2) is 15.1 Å². The third-order valence-corrected chi connectivity index (χ3v) is 5.00. The minimum atomic E-state index is -0.248. The predicted molar refractivity (Wildman–Crippen MR) is 114 cm³/mol. The van der Waals surface area contributed by atoms with Crippen molar-refractivity contribution in [3.8, 4) is 5.75 Å². The first-order chi connectivity index (χ1) is 13.5. The molecule has 4 nitrogen and oxygen atoms in total. The van der Waals surface area contributed by atoms with Crippen molar-refractivity contribution >= 4 is 16.7 Å². The molecule has 4 aromatic rings. The predicted octanol–water partition coefficient (Wildman–Crippen LogP) is 5.46. The number of nitrogens with zero attached hydrogens (tertiary/aromatic N) is 2. The summed E-state index contributed by atoms with van der Waals surface area (Å²) in [7, 11) is 0. The molecular weight excluding hydrogens is 346 g/mol. The Hall–Kier alpha value is -3.40. The summed E-state index contributed by atoms with van der Waals surface area (Å²) in [6.07, 6.45) is 0. The zero-order valence-corrected chi connectivity index (χ0v) is 16.3. The molecule has 1 atom stereocenters. The maximum Gasteiger partial charge on any atom is 0.147 e. The number of phenols is 1. The summed E-state index contributed by atoms with van der Waals surface area (Å²) in [5, 5.41) is 15.5. The smallest absolute Gasteiger partial charge is 0.147 e. The lowest BCUT2D eigenvalue weighted by molar-refractivity contribution is 0.471. The molecule has 0 fully saturated rings. The van der Waals surface area contributed by atoms with Crippen LogP contribution in [0.1, 0.15) is 34.1 Å². The van der Waals surface area contributed by atoms with Crippen molar-refractivity contribution in [2.45, 2.75) is 26.8 Å². The van der Waals surface area contributed by atoms with Crippen molar-refractivity contribution in [1.29, 1.82) is 0 Å². The Balaban J connectivity index is 1.89. The molecule has 4 heteroatoms. The van der Waals surface area contributed by atoms with Gasteiger partial charge >= 0.3 is 0 Å². The van der Waals surface area contributed by atoms with Gasteiger partial charge in [0.05, 0.1) is 6.04 Å². The summed E-state index contributed by atoms with van der Waals surface area (Å²) in [6, 6.07) is 21.7. The highest BCUT2D eigenvalue weighted by Crippen LogP contribution is 2.37. The van der Waals surface area contributed by atoms with Gasteiger partial charge in [-0.2, -0.15) is 0 Å². The molecule has 140 valence electrons. The van der Waals surface area contributed by atoms with Gasteiger partial charge in [0, 0.05) is 22.3 Å². The Bertz CT molecular complexity index is 1150. The molecule has 28 heavy (non-hydrogen) atoms. The second-order valence-electron chi connectivity index (χ2n) is 7.13. The van der Waals surface area contributed by atoms with Crippen LogP contribution in [0.2, 0.25) is 0 Å². The van der Waals surface area contributed by atoms with Gasteiger partial charge in [-0.25, -0.2) is 9.97 Å². The molecule has 2 heterocycles. The molecule has 0 radical (unpaired) electrons. The summed E-state index contributed by atoms with van der Waals surface area (Å²) < 4.78 is 0. The van der Waals surface area contributed by atoms with Crippen molar-refractivity contribution in [3.05, 3.63) is 94.8 Å². The fourth-order valence-electron chi connectivity index (χ4n) is 3.52. The van der Waals surface area contributed by atoms with Crippen molar-refractivity contribution in [2.24, 2.45) is 0 Å². The Kier molecular flexibility index (Phi) is 4.70. The van der Waals surface area contributed by atoms with E-state index in [0.29, 0.717) is 5.52 Å². The Morgan fingerprint density at radius 3 is 2.29 bits per heavy atom. The molecule has 0 aliphatic heterocycles. The largest absolute Gasteiger partial charge is 0.505 e. The molecule has 0 saturated carbocycles. The van der Waals surface area contributed by atoms with Gasteiger partial charge in [-0.15, -0.1) is 0 Å².